The van der Waals surface area contributed by atoms with E-state index >= 15 is 0 Å². The molecule has 2 N–H and O–H groups in total. The maximum absolute atomic E-state index is 9.29. The molecule has 0 aliphatic heterocycles. The second-order valence-corrected chi connectivity index (χ2v) is 2.94. The highest BCUT2D eigenvalue weighted by atomic mass is 16.3. The highest BCUT2D eigenvalue weighted by Gasteiger charge is 2.12. The first-order valence-corrected chi connectivity index (χ1v) is 3.92. The molecule has 0 saturated heterocycles. The quantitative estimate of drug-likeness (QED) is 0.513. The molecule has 1 aromatic rings. The summed E-state index contributed by atoms with van der Waals surface area (Å²) in [5, 5.41) is 20.5. The minimum atomic E-state index is -0.764. The standard InChI is InChI=1S/C10H10O2/c11-9-5-7-3-1-2-4-8(7)6-10(9)12/h1-6,9-12H/t9-,10+. The van der Waals surface area contributed by atoms with E-state index in [0.29, 0.717) is 0 Å². The van der Waals surface area contributed by atoms with Crippen LogP contribution in [0.5, 0.6) is 0 Å². The largest absolute Gasteiger partial charge is 0.386 e. The third kappa shape index (κ3) is 1.15. The van der Waals surface area contributed by atoms with Crippen LogP contribution >= 0.6 is 0 Å². The summed E-state index contributed by atoms with van der Waals surface area (Å²) in [6, 6.07) is 7.66. The van der Waals surface area contributed by atoms with Gasteiger partial charge in [-0.1, -0.05) is 24.3 Å². The predicted molar refractivity (Wildman–Crippen MR) is 46.6 cm³/mol. The molecule has 0 unspecified atom stereocenters. The number of hydrogen-bond donors (Lipinski definition) is 2. The molecule has 1 aliphatic carbocycles. The molecule has 2 heteroatoms. The van der Waals surface area contributed by atoms with Gasteiger partial charge in [-0.05, 0) is 22.6 Å². The monoisotopic (exact) mass is 162 g/mol. The third-order valence-electron chi connectivity index (χ3n) is 2.05. The topological polar surface area (TPSA) is 40.5 Å². The van der Waals surface area contributed by atoms with Crippen molar-refractivity contribution in [3.05, 3.63) is 34.7 Å². The number of rotatable bonds is 0. The summed E-state index contributed by atoms with van der Waals surface area (Å²) < 4.78 is 0. The van der Waals surface area contributed by atoms with Crippen molar-refractivity contribution in [1.82, 2.24) is 0 Å². The molecule has 0 saturated carbocycles. The van der Waals surface area contributed by atoms with Gasteiger partial charge in [0.2, 0.25) is 0 Å². The first kappa shape index (κ1) is 7.53. The average molecular weight is 162 g/mol. The van der Waals surface area contributed by atoms with Crippen LogP contribution in [-0.4, -0.2) is 22.4 Å². The average Bonchev–Trinajstić information content (AvgIpc) is 2.07. The summed E-state index contributed by atoms with van der Waals surface area (Å²) in [5.41, 5.74) is 0. The van der Waals surface area contributed by atoms with Gasteiger partial charge >= 0.3 is 0 Å². The van der Waals surface area contributed by atoms with Crippen LogP contribution < -0.4 is 10.4 Å². The van der Waals surface area contributed by atoms with Crippen molar-refractivity contribution in [3.63, 3.8) is 0 Å². The van der Waals surface area contributed by atoms with Gasteiger partial charge in [0, 0.05) is 0 Å². The number of aliphatic hydroxyl groups excluding tert-OH is 2. The van der Waals surface area contributed by atoms with E-state index in [1.165, 1.54) is 0 Å². The molecule has 0 fully saturated rings. The SMILES string of the molecule is O[C@@H]1C=c2ccccc2=C[C@@H]1O. The smallest absolute Gasteiger partial charge is 0.102 e. The highest BCUT2D eigenvalue weighted by Crippen LogP contribution is 1.98. The molecule has 0 spiro atoms. The summed E-state index contributed by atoms with van der Waals surface area (Å²) in [6.45, 7) is 0. The summed E-state index contributed by atoms with van der Waals surface area (Å²) in [4.78, 5) is 0. The van der Waals surface area contributed by atoms with Gasteiger partial charge in [0.15, 0.2) is 0 Å². The van der Waals surface area contributed by atoms with Crippen molar-refractivity contribution in [2.45, 2.75) is 12.2 Å². The van der Waals surface area contributed by atoms with Crippen LogP contribution in [0.25, 0.3) is 12.2 Å². The van der Waals surface area contributed by atoms with Crippen LogP contribution in [0.3, 0.4) is 0 Å². The molecule has 62 valence electrons. The zero-order chi connectivity index (χ0) is 8.55. The van der Waals surface area contributed by atoms with Gasteiger partial charge in [-0.15, -0.1) is 0 Å². The number of benzene rings is 1. The molecule has 0 aromatic heterocycles. The normalized spacial score (nSPS) is 26.8. The molecule has 0 heterocycles. The van der Waals surface area contributed by atoms with Crippen LogP contribution in [0.4, 0.5) is 0 Å². The Morgan fingerprint density at radius 2 is 1.25 bits per heavy atom. The molecule has 12 heavy (non-hydrogen) atoms. The Hall–Kier alpha value is -1.12. The fraction of sp³-hybridized carbons (Fsp3) is 0.200. The Labute approximate surface area is 70.1 Å². The lowest BCUT2D eigenvalue weighted by Crippen LogP contribution is -2.37. The number of hydrogen-bond acceptors (Lipinski definition) is 2. The molecule has 0 bridgehead atoms. The van der Waals surface area contributed by atoms with Crippen molar-refractivity contribution < 1.29 is 10.2 Å². The summed E-state index contributed by atoms with van der Waals surface area (Å²) in [7, 11) is 0. The Bertz CT molecular complexity index is 356. The van der Waals surface area contributed by atoms with Crippen LogP contribution in [0.1, 0.15) is 0 Å². The van der Waals surface area contributed by atoms with Crippen molar-refractivity contribution >= 4 is 12.2 Å². The molecule has 1 aromatic carbocycles. The summed E-state index contributed by atoms with van der Waals surface area (Å²) in [6.07, 6.45) is 1.81. The van der Waals surface area contributed by atoms with E-state index in [1.54, 1.807) is 12.2 Å². The predicted octanol–water partition coefficient (Wildman–Crippen LogP) is -1.02. The first-order chi connectivity index (χ1) is 5.77. The maximum Gasteiger partial charge on any atom is 0.102 e. The fourth-order valence-electron chi connectivity index (χ4n) is 1.38. The Morgan fingerprint density at radius 3 is 1.67 bits per heavy atom. The highest BCUT2D eigenvalue weighted by molar-refractivity contribution is 5.45. The Kier molecular flexibility index (Phi) is 1.71. The zero-order valence-corrected chi connectivity index (χ0v) is 6.51. The van der Waals surface area contributed by atoms with E-state index in [2.05, 4.69) is 0 Å². The van der Waals surface area contributed by atoms with Crippen molar-refractivity contribution in [2.75, 3.05) is 0 Å². The molecule has 2 rings (SSSR count). The second-order valence-electron chi connectivity index (χ2n) is 2.94. The minimum Gasteiger partial charge on any atom is -0.386 e. The van der Waals surface area contributed by atoms with Crippen molar-refractivity contribution in [2.24, 2.45) is 0 Å². The lowest BCUT2D eigenvalue weighted by Gasteiger charge is -2.13. The van der Waals surface area contributed by atoms with Gasteiger partial charge in [-0.3, -0.25) is 0 Å². The van der Waals surface area contributed by atoms with Crippen LogP contribution in [0.15, 0.2) is 24.3 Å². The van der Waals surface area contributed by atoms with E-state index < -0.39 is 12.2 Å². The van der Waals surface area contributed by atoms with Gasteiger partial charge in [-0.25, -0.2) is 0 Å². The van der Waals surface area contributed by atoms with Crippen molar-refractivity contribution in [1.29, 1.82) is 0 Å². The molecule has 1 aliphatic rings. The summed E-state index contributed by atoms with van der Waals surface area (Å²) in [5.74, 6) is 0. The van der Waals surface area contributed by atoms with Gasteiger partial charge in [-0.2, -0.15) is 0 Å². The minimum absolute atomic E-state index is 0.764. The molecule has 0 radical (unpaired) electrons. The van der Waals surface area contributed by atoms with Crippen LogP contribution in [0.2, 0.25) is 0 Å². The van der Waals surface area contributed by atoms with Gasteiger partial charge in [0.25, 0.3) is 0 Å². The van der Waals surface area contributed by atoms with Gasteiger partial charge in [0.05, 0.1) is 0 Å². The number of fused-ring (bicyclic) bond motifs is 1. The molecular weight excluding hydrogens is 152 g/mol. The Morgan fingerprint density at radius 1 is 0.833 bits per heavy atom. The molecule has 2 nitrogen and oxygen atoms in total. The van der Waals surface area contributed by atoms with Crippen LogP contribution in [0, 0.1) is 0 Å². The van der Waals surface area contributed by atoms with E-state index in [-0.39, 0.29) is 0 Å². The summed E-state index contributed by atoms with van der Waals surface area (Å²) >= 11 is 0. The maximum atomic E-state index is 9.29. The van der Waals surface area contributed by atoms with Crippen molar-refractivity contribution in [3.8, 4) is 0 Å². The molecule has 2 atom stereocenters. The second kappa shape index (κ2) is 2.73. The third-order valence-corrected chi connectivity index (χ3v) is 2.05. The Balaban J connectivity index is 2.70. The van der Waals surface area contributed by atoms with Gasteiger partial charge in [0.1, 0.15) is 12.2 Å². The van der Waals surface area contributed by atoms with E-state index in [9.17, 15) is 10.2 Å². The fourth-order valence-corrected chi connectivity index (χ4v) is 1.38. The zero-order valence-electron chi connectivity index (χ0n) is 6.51. The lowest BCUT2D eigenvalue weighted by atomic mass is 10.0. The van der Waals surface area contributed by atoms with Crippen LogP contribution in [-0.2, 0) is 0 Å². The lowest BCUT2D eigenvalue weighted by molar-refractivity contribution is 0.0993. The molecule has 0 amide bonds. The van der Waals surface area contributed by atoms with E-state index in [0.717, 1.165) is 10.4 Å². The van der Waals surface area contributed by atoms with E-state index in [1.807, 2.05) is 24.3 Å². The van der Waals surface area contributed by atoms with Gasteiger partial charge < -0.3 is 10.2 Å². The first-order valence-electron chi connectivity index (χ1n) is 3.92. The number of aliphatic hydroxyl groups is 2. The van der Waals surface area contributed by atoms with E-state index in [4.69, 9.17) is 0 Å². The molecular formula is C10H10O2.